The standard InChI is InChI=1S/C12H11NO2/c1-2-6-13-7-9(8-14)12-10(13)4-3-5-11(12)15/h2-5,7-8,15H,1,6H2. The van der Waals surface area contributed by atoms with E-state index in [1.165, 1.54) is 0 Å². The maximum atomic E-state index is 10.8. The van der Waals surface area contributed by atoms with Crippen molar-refractivity contribution in [2.24, 2.45) is 0 Å². The summed E-state index contributed by atoms with van der Waals surface area (Å²) in [6, 6.07) is 5.20. The molecule has 0 fully saturated rings. The molecular weight excluding hydrogens is 190 g/mol. The number of rotatable bonds is 3. The molecular formula is C12H11NO2. The molecule has 1 heterocycles. The number of benzene rings is 1. The number of aromatic hydroxyl groups is 1. The average molecular weight is 201 g/mol. The van der Waals surface area contributed by atoms with Gasteiger partial charge in [0.25, 0.3) is 0 Å². The lowest BCUT2D eigenvalue weighted by Gasteiger charge is -2.00. The fourth-order valence-electron chi connectivity index (χ4n) is 1.74. The van der Waals surface area contributed by atoms with Crippen LogP contribution >= 0.6 is 0 Å². The minimum Gasteiger partial charge on any atom is -0.507 e. The molecule has 3 heteroatoms. The second-order valence-electron chi connectivity index (χ2n) is 3.31. The number of phenols is 1. The van der Waals surface area contributed by atoms with Gasteiger partial charge >= 0.3 is 0 Å². The number of phenolic OH excluding ortho intramolecular Hbond substituents is 1. The quantitative estimate of drug-likeness (QED) is 0.611. The molecule has 2 rings (SSSR count). The number of allylic oxidation sites excluding steroid dienone is 1. The monoisotopic (exact) mass is 201 g/mol. The lowest BCUT2D eigenvalue weighted by atomic mass is 10.2. The van der Waals surface area contributed by atoms with Crippen molar-refractivity contribution in [3.63, 3.8) is 0 Å². The number of hydrogen-bond acceptors (Lipinski definition) is 2. The molecule has 0 saturated heterocycles. The molecule has 1 aromatic carbocycles. The van der Waals surface area contributed by atoms with Crippen LogP contribution in [-0.4, -0.2) is 16.0 Å². The second-order valence-corrected chi connectivity index (χ2v) is 3.31. The van der Waals surface area contributed by atoms with Crippen LogP contribution < -0.4 is 0 Å². The molecule has 0 amide bonds. The van der Waals surface area contributed by atoms with Gasteiger partial charge in [0.05, 0.1) is 10.9 Å². The van der Waals surface area contributed by atoms with Gasteiger partial charge in [-0.15, -0.1) is 6.58 Å². The van der Waals surface area contributed by atoms with E-state index in [1.807, 2.05) is 10.6 Å². The molecule has 0 atom stereocenters. The summed E-state index contributed by atoms with van der Waals surface area (Å²) in [4.78, 5) is 10.8. The number of carbonyl (C=O) groups excluding carboxylic acids is 1. The summed E-state index contributed by atoms with van der Waals surface area (Å²) in [6.45, 7) is 4.27. The molecule has 0 aliphatic rings. The van der Waals surface area contributed by atoms with E-state index in [-0.39, 0.29) is 5.75 Å². The zero-order valence-electron chi connectivity index (χ0n) is 8.18. The van der Waals surface area contributed by atoms with Crippen LogP contribution in [0.3, 0.4) is 0 Å². The summed E-state index contributed by atoms with van der Waals surface area (Å²) in [5.41, 5.74) is 1.35. The van der Waals surface area contributed by atoms with E-state index >= 15 is 0 Å². The molecule has 0 aliphatic heterocycles. The number of hydrogen-bond donors (Lipinski definition) is 1. The van der Waals surface area contributed by atoms with Crippen molar-refractivity contribution >= 4 is 17.2 Å². The number of aromatic nitrogens is 1. The predicted octanol–water partition coefficient (Wildman–Crippen LogP) is 2.35. The van der Waals surface area contributed by atoms with Gasteiger partial charge in [0.1, 0.15) is 5.75 Å². The fourth-order valence-corrected chi connectivity index (χ4v) is 1.74. The van der Waals surface area contributed by atoms with Crippen molar-refractivity contribution in [1.82, 2.24) is 4.57 Å². The molecule has 3 nitrogen and oxygen atoms in total. The van der Waals surface area contributed by atoms with Gasteiger partial charge in [-0.25, -0.2) is 0 Å². The summed E-state index contributed by atoms with van der Waals surface area (Å²) in [5, 5.41) is 10.3. The first-order chi connectivity index (χ1) is 7.27. The van der Waals surface area contributed by atoms with Gasteiger partial charge in [-0.3, -0.25) is 4.79 Å². The average Bonchev–Trinajstić information content (AvgIpc) is 2.59. The van der Waals surface area contributed by atoms with Gasteiger partial charge in [-0.2, -0.15) is 0 Å². The molecule has 76 valence electrons. The SMILES string of the molecule is C=CCn1cc(C=O)c2c(O)cccc21. The Bertz CT molecular complexity index is 526. The minimum absolute atomic E-state index is 0.136. The van der Waals surface area contributed by atoms with Crippen molar-refractivity contribution in [2.75, 3.05) is 0 Å². The third kappa shape index (κ3) is 1.42. The van der Waals surface area contributed by atoms with Crippen LogP contribution in [-0.2, 0) is 6.54 Å². The number of fused-ring (bicyclic) bond motifs is 1. The predicted molar refractivity (Wildman–Crippen MR) is 59.2 cm³/mol. The Hall–Kier alpha value is -2.03. The van der Waals surface area contributed by atoms with E-state index in [4.69, 9.17) is 0 Å². The molecule has 0 bridgehead atoms. The zero-order chi connectivity index (χ0) is 10.8. The largest absolute Gasteiger partial charge is 0.507 e. The molecule has 0 unspecified atom stereocenters. The van der Waals surface area contributed by atoms with E-state index in [1.54, 1.807) is 24.4 Å². The molecule has 15 heavy (non-hydrogen) atoms. The number of aldehydes is 1. The molecule has 1 aromatic heterocycles. The van der Waals surface area contributed by atoms with Crippen molar-refractivity contribution in [2.45, 2.75) is 6.54 Å². The topological polar surface area (TPSA) is 42.2 Å². The minimum atomic E-state index is 0.136. The smallest absolute Gasteiger partial charge is 0.152 e. The summed E-state index contributed by atoms with van der Waals surface area (Å²) < 4.78 is 1.88. The summed E-state index contributed by atoms with van der Waals surface area (Å²) >= 11 is 0. The highest BCUT2D eigenvalue weighted by Gasteiger charge is 2.10. The van der Waals surface area contributed by atoms with Crippen LogP contribution in [0.15, 0.2) is 37.1 Å². The number of carbonyl (C=O) groups is 1. The van der Waals surface area contributed by atoms with Gasteiger partial charge in [0.15, 0.2) is 6.29 Å². The van der Waals surface area contributed by atoms with Crippen molar-refractivity contribution in [3.8, 4) is 5.75 Å². The molecule has 0 aliphatic carbocycles. The Balaban J connectivity index is 2.80. The van der Waals surface area contributed by atoms with Gasteiger partial charge in [-0.1, -0.05) is 12.1 Å². The second kappa shape index (κ2) is 3.61. The van der Waals surface area contributed by atoms with E-state index in [0.29, 0.717) is 17.5 Å². The van der Waals surface area contributed by atoms with Crippen LogP contribution in [0, 0.1) is 0 Å². The third-order valence-electron chi connectivity index (χ3n) is 2.37. The first-order valence-electron chi connectivity index (χ1n) is 4.65. The first kappa shape index (κ1) is 9.52. The molecule has 2 aromatic rings. The lowest BCUT2D eigenvalue weighted by Crippen LogP contribution is -1.91. The van der Waals surface area contributed by atoms with E-state index in [2.05, 4.69) is 6.58 Å². The number of nitrogens with zero attached hydrogens (tertiary/aromatic N) is 1. The summed E-state index contributed by atoms with van der Waals surface area (Å²) in [6.07, 6.45) is 4.22. The Kier molecular flexibility index (Phi) is 2.29. The molecule has 1 N–H and O–H groups in total. The Labute approximate surface area is 87.3 Å². The Morgan fingerprint density at radius 3 is 2.93 bits per heavy atom. The summed E-state index contributed by atoms with van der Waals surface area (Å²) in [7, 11) is 0. The zero-order valence-corrected chi connectivity index (χ0v) is 8.18. The van der Waals surface area contributed by atoms with Gasteiger partial charge in [-0.05, 0) is 12.1 Å². The molecule has 0 saturated carbocycles. The third-order valence-corrected chi connectivity index (χ3v) is 2.37. The van der Waals surface area contributed by atoms with Crippen LogP contribution in [0.4, 0.5) is 0 Å². The van der Waals surface area contributed by atoms with Crippen LogP contribution in [0.5, 0.6) is 5.75 Å². The van der Waals surface area contributed by atoms with E-state index in [0.717, 1.165) is 11.8 Å². The normalized spacial score (nSPS) is 10.4. The van der Waals surface area contributed by atoms with Crippen LogP contribution in [0.25, 0.3) is 10.9 Å². The van der Waals surface area contributed by atoms with Crippen molar-refractivity contribution in [3.05, 3.63) is 42.6 Å². The highest BCUT2D eigenvalue weighted by molar-refractivity contribution is 6.01. The first-order valence-corrected chi connectivity index (χ1v) is 4.65. The maximum Gasteiger partial charge on any atom is 0.152 e. The fraction of sp³-hybridized carbons (Fsp3) is 0.0833. The summed E-state index contributed by atoms with van der Waals surface area (Å²) in [5.74, 6) is 0.136. The van der Waals surface area contributed by atoms with E-state index in [9.17, 15) is 9.90 Å². The maximum absolute atomic E-state index is 10.8. The Morgan fingerprint density at radius 2 is 2.27 bits per heavy atom. The van der Waals surface area contributed by atoms with Crippen molar-refractivity contribution in [1.29, 1.82) is 0 Å². The van der Waals surface area contributed by atoms with Crippen molar-refractivity contribution < 1.29 is 9.90 Å². The van der Waals surface area contributed by atoms with Gasteiger partial charge in [0, 0.05) is 18.3 Å². The van der Waals surface area contributed by atoms with Crippen LogP contribution in [0.1, 0.15) is 10.4 Å². The van der Waals surface area contributed by atoms with E-state index < -0.39 is 0 Å². The highest BCUT2D eigenvalue weighted by atomic mass is 16.3. The highest BCUT2D eigenvalue weighted by Crippen LogP contribution is 2.28. The molecule has 0 spiro atoms. The van der Waals surface area contributed by atoms with Crippen LogP contribution in [0.2, 0.25) is 0 Å². The lowest BCUT2D eigenvalue weighted by molar-refractivity contribution is 0.112. The molecule has 0 radical (unpaired) electrons. The van der Waals surface area contributed by atoms with Gasteiger partial charge in [0.2, 0.25) is 0 Å². The van der Waals surface area contributed by atoms with Gasteiger partial charge < -0.3 is 9.67 Å². The Morgan fingerprint density at radius 1 is 1.47 bits per heavy atom.